The molecule has 0 aliphatic heterocycles. The number of carbonyl (C=O) groups excluding carboxylic acids is 1. The molecule has 1 aromatic heterocycles. The molecule has 1 heterocycles. The van der Waals surface area contributed by atoms with Crippen molar-refractivity contribution in [2.45, 2.75) is 39.3 Å². The quantitative estimate of drug-likeness (QED) is 0.871. The van der Waals surface area contributed by atoms with Gasteiger partial charge in [-0.15, -0.1) is 0 Å². The van der Waals surface area contributed by atoms with Crippen LogP contribution in [0.25, 0.3) is 0 Å². The van der Waals surface area contributed by atoms with Gasteiger partial charge in [-0.2, -0.15) is 5.10 Å². The van der Waals surface area contributed by atoms with E-state index in [4.69, 9.17) is 5.11 Å². The number of urea groups is 1. The lowest BCUT2D eigenvalue weighted by atomic mass is 10.1. The summed E-state index contributed by atoms with van der Waals surface area (Å²) in [4.78, 5) is 24.1. The lowest BCUT2D eigenvalue weighted by molar-refractivity contribution is -0.146. The van der Waals surface area contributed by atoms with Crippen molar-refractivity contribution in [3.63, 3.8) is 0 Å². The number of likely N-dealkylation sites (N-methyl/N-ethyl adjacent to an activating group) is 1. The lowest BCUT2D eigenvalue weighted by Gasteiger charge is -2.31. The Morgan fingerprint density at radius 2 is 2.05 bits per heavy atom. The second-order valence-electron chi connectivity index (χ2n) is 5.13. The molecule has 19 heavy (non-hydrogen) atoms. The summed E-state index contributed by atoms with van der Waals surface area (Å²) in [6.07, 6.45) is 1.75. The predicted molar refractivity (Wildman–Crippen MR) is 71.1 cm³/mol. The Kier molecular flexibility index (Phi) is 4.18. The highest BCUT2D eigenvalue weighted by atomic mass is 16.4. The summed E-state index contributed by atoms with van der Waals surface area (Å²) in [5.74, 6) is -0.676. The Hall–Kier alpha value is -2.05. The third-order valence-corrected chi connectivity index (χ3v) is 3.04. The van der Waals surface area contributed by atoms with E-state index in [0.717, 1.165) is 4.90 Å². The maximum absolute atomic E-state index is 11.9. The Morgan fingerprint density at radius 1 is 1.47 bits per heavy atom. The van der Waals surface area contributed by atoms with E-state index in [1.807, 2.05) is 13.8 Å². The summed E-state index contributed by atoms with van der Waals surface area (Å²) in [7, 11) is 1.43. The first kappa shape index (κ1) is 15.0. The summed E-state index contributed by atoms with van der Waals surface area (Å²) < 4.78 is 1.71. The Bertz CT molecular complexity index is 479. The monoisotopic (exact) mass is 268 g/mol. The molecule has 0 atom stereocenters. The van der Waals surface area contributed by atoms with Crippen molar-refractivity contribution in [2.24, 2.45) is 0 Å². The van der Waals surface area contributed by atoms with Crippen LogP contribution >= 0.6 is 0 Å². The molecule has 106 valence electrons. The van der Waals surface area contributed by atoms with E-state index in [2.05, 4.69) is 10.4 Å². The average Bonchev–Trinajstić information content (AvgIpc) is 2.76. The van der Waals surface area contributed by atoms with Crippen LogP contribution in [0.4, 0.5) is 10.6 Å². The van der Waals surface area contributed by atoms with Crippen molar-refractivity contribution in [3.05, 3.63) is 12.3 Å². The normalized spacial score (nSPS) is 11.5. The number of nitrogens with zero attached hydrogens (tertiary/aromatic N) is 3. The Labute approximate surface area is 112 Å². The second-order valence-corrected chi connectivity index (χ2v) is 5.13. The maximum atomic E-state index is 11.9. The average molecular weight is 268 g/mol. The number of hydrogen-bond acceptors (Lipinski definition) is 3. The minimum atomic E-state index is -1.29. The highest BCUT2D eigenvalue weighted by Gasteiger charge is 2.35. The number of nitrogens with one attached hydrogen (secondary N) is 1. The van der Waals surface area contributed by atoms with Gasteiger partial charge in [0.2, 0.25) is 0 Å². The van der Waals surface area contributed by atoms with Gasteiger partial charge in [-0.1, -0.05) is 0 Å². The number of anilines is 1. The van der Waals surface area contributed by atoms with Crippen molar-refractivity contribution in [1.82, 2.24) is 14.7 Å². The van der Waals surface area contributed by atoms with Gasteiger partial charge in [0.05, 0.1) is 0 Å². The van der Waals surface area contributed by atoms with Crippen LogP contribution in [0.2, 0.25) is 0 Å². The first-order valence-electron chi connectivity index (χ1n) is 5.99. The number of amides is 2. The minimum absolute atomic E-state index is 0.193. The van der Waals surface area contributed by atoms with Crippen LogP contribution in [0.1, 0.15) is 33.7 Å². The number of hydrogen-bond donors (Lipinski definition) is 2. The van der Waals surface area contributed by atoms with E-state index in [9.17, 15) is 9.59 Å². The summed E-state index contributed by atoms with van der Waals surface area (Å²) in [5, 5.41) is 15.8. The molecule has 0 aliphatic rings. The minimum Gasteiger partial charge on any atom is -0.480 e. The van der Waals surface area contributed by atoms with Crippen molar-refractivity contribution < 1.29 is 14.7 Å². The highest BCUT2D eigenvalue weighted by molar-refractivity contribution is 5.92. The molecule has 1 rings (SSSR count). The van der Waals surface area contributed by atoms with Gasteiger partial charge in [0.1, 0.15) is 5.54 Å². The highest BCUT2D eigenvalue weighted by Crippen LogP contribution is 2.15. The molecule has 0 aromatic carbocycles. The standard InChI is InChI=1S/C12H20N4O3/c1-8(2)16-7-6-9(14-16)13-11(19)15(5)12(3,4)10(17)18/h6-8H,1-5H3,(H,17,18)(H,13,14,19). The zero-order valence-corrected chi connectivity index (χ0v) is 11.8. The van der Waals surface area contributed by atoms with Crippen molar-refractivity contribution >= 4 is 17.8 Å². The Morgan fingerprint density at radius 3 is 2.47 bits per heavy atom. The van der Waals surface area contributed by atoms with Crippen LogP contribution in [0.15, 0.2) is 12.3 Å². The molecule has 0 bridgehead atoms. The molecule has 1 aromatic rings. The van der Waals surface area contributed by atoms with E-state index in [-0.39, 0.29) is 6.04 Å². The molecule has 0 spiro atoms. The molecule has 2 N–H and O–H groups in total. The molecule has 0 saturated heterocycles. The van der Waals surface area contributed by atoms with E-state index in [0.29, 0.717) is 5.82 Å². The molecule has 0 radical (unpaired) electrons. The van der Waals surface area contributed by atoms with Crippen LogP contribution in [0, 0.1) is 0 Å². The van der Waals surface area contributed by atoms with E-state index >= 15 is 0 Å². The zero-order chi connectivity index (χ0) is 14.8. The number of rotatable bonds is 4. The molecule has 2 amide bonds. The second kappa shape index (κ2) is 5.29. The summed E-state index contributed by atoms with van der Waals surface area (Å²) in [6.45, 7) is 6.86. The third-order valence-electron chi connectivity index (χ3n) is 3.04. The van der Waals surface area contributed by atoms with Gasteiger partial charge in [-0.05, 0) is 27.7 Å². The fourth-order valence-corrected chi connectivity index (χ4v) is 1.28. The van der Waals surface area contributed by atoms with Crippen molar-refractivity contribution in [2.75, 3.05) is 12.4 Å². The lowest BCUT2D eigenvalue weighted by Crippen LogP contribution is -2.52. The molecule has 0 fully saturated rings. The smallest absolute Gasteiger partial charge is 0.329 e. The van der Waals surface area contributed by atoms with Gasteiger partial charge in [0, 0.05) is 25.4 Å². The van der Waals surface area contributed by atoms with E-state index < -0.39 is 17.5 Å². The van der Waals surface area contributed by atoms with Crippen LogP contribution in [0.5, 0.6) is 0 Å². The molecule has 7 nitrogen and oxygen atoms in total. The maximum Gasteiger partial charge on any atom is 0.329 e. The molecule has 0 aliphatic carbocycles. The summed E-state index contributed by atoms with van der Waals surface area (Å²) in [6, 6.07) is 1.35. The number of carboxylic acids is 1. The molecule has 7 heteroatoms. The third kappa shape index (κ3) is 3.24. The topological polar surface area (TPSA) is 87.5 Å². The summed E-state index contributed by atoms with van der Waals surface area (Å²) >= 11 is 0. The number of aromatic nitrogens is 2. The largest absolute Gasteiger partial charge is 0.480 e. The summed E-state index contributed by atoms with van der Waals surface area (Å²) in [5.41, 5.74) is -1.29. The molecular formula is C12H20N4O3. The first-order valence-corrected chi connectivity index (χ1v) is 5.99. The molecule has 0 unspecified atom stereocenters. The van der Waals surface area contributed by atoms with Gasteiger partial charge in [0.15, 0.2) is 5.82 Å². The number of carbonyl (C=O) groups is 2. The molecular weight excluding hydrogens is 248 g/mol. The van der Waals surface area contributed by atoms with Crippen molar-refractivity contribution in [1.29, 1.82) is 0 Å². The van der Waals surface area contributed by atoms with Crippen LogP contribution in [-0.2, 0) is 4.79 Å². The number of carboxylic acid groups (broad SMARTS) is 1. The predicted octanol–water partition coefficient (Wildman–Crippen LogP) is 1.79. The zero-order valence-electron chi connectivity index (χ0n) is 11.8. The van der Waals surface area contributed by atoms with Gasteiger partial charge >= 0.3 is 12.0 Å². The van der Waals surface area contributed by atoms with E-state index in [1.165, 1.54) is 20.9 Å². The van der Waals surface area contributed by atoms with Gasteiger partial charge < -0.3 is 10.0 Å². The van der Waals surface area contributed by atoms with Crippen LogP contribution in [-0.4, -0.2) is 44.4 Å². The van der Waals surface area contributed by atoms with Crippen molar-refractivity contribution in [3.8, 4) is 0 Å². The van der Waals surface area contributed by atoms with Gasteiger partial charge in [-0.25, -0.2) is 9.59 Å². The Balaban J connectivity index is 2.76. The SMILES string of the molecule is CC(C)n1ccc(NC(=O)N(C)C(C)(C)C(=O)O)n1. The van der Waals surface area contributed by atoms with Gasteiger partial charge in [0.25, 0.3) is 0 Å². The van der Waals surface area contributed by atoms with Crippen LogP contribution in [0.3, 0.4) is 0 Å². The van der Waals surface area contributed by atoms with Crippen LogP contribution < -0.4 is 5.32 Å². The molecule has 0 saturated carbocycles. The number of aliphatic carboxylic acids is 1. The fourth-order valence-electron chi connectivity index (χ4n) is 1.28. The van der Waals surface area contributed by atoms with E-state index in [1.54, 1.807) is 16.9 Å². The first-order chi connectivity index (χ1) is 8.66. The fraction of sp³-hybridized carbons (Fsp3) is 0.583. The van der Waals surface area contributed by atoms with Gasteiger partial charge in [-0.3, -0.25) is 10.00 Å².